The van der Waals surface area contributed by atoms with Gasteiger partial charge in [-0.1, -0.05) is 0 Å². The molecule has 0 radical (unpaired) electrons. The molecule has 0 saturated heterocycles. The van der Waals surface area contributed by atoms with E-state index in [-0.39, 0.29) is 5.78 Å². The van der Waals surface area contributed by atoms with Gasteiger partial charge in [0.1, 0.15) is 17.2 Å². The first-order chi connectivity index (χ1) is 9.69. The minimum absolute atomic E-state index is 0.108. The lowest BCUT2D eigenvalue weighted by Crippen LogP contribution is -2.38. The second kappa shape index (κ2) is 7.20. The van der Waals surface area contributed by atoms with E-state index >= 15 is 0 Å². The summed E-state index contributed by atoms with van der Waals surface area (Å²) in [7, 11) is 0. The highest BCUT2D eigenvalue weighted by molar-refractivity contribution is 5.86. The number of aromatic nitrogens is 1. The van der Waals surface area contributed by atoms with Crippen molar-refractivity contribution in [2.45, 2.75) is 53.1 Å². The van der Waals surface area contributed by atoms with Gasteiger partial charge < -0.3 is 9.53 Å². The first kappa shape index (κ1) is 17.1. The number of pyridine rings is 1. The van der Waals surface area contributed by atoms with Gasteiger partial charge in [0.05, 0.1) is 0 Å². The third-order valence-corrected chi connectivity index (χ3v) is 2.70. The molecule has 0 unspecified atom stereocenters. The summed E-state index contributed by atoms with van der Waals surface area (Å²) < 4.78 is 5.41. The largest absolute Gasteiger partial charge is 0.443 e. The highest BCUT2D eigenvalue weighted by Gasteiger charge is 2.24. The smallest absolute Gasteiger partial charge is 0.416 e. The molecule has 0 saturated carbocycles. The average molecular weight is 292 g/mol. The maximum absolute atomic E-state index is 12.3. The van der Waals surface area contributed by atoms with Crippen molar-refractivity contribution in [3.63, 3.8) is 0 Å². The number of nitrogens with zero attached hydrogens (tertiary/aromatic N) is 2. The number of hydrogen-bond acceptors (Lipinski definition) is 4. The average Bonchev–Trinajstić information content (AvgIpc) is 2.31. The molecule has 0 atom stereocenters. The van der Waals surface area contributed by atoms with Crippen LogP contribution < -0.4 is 4.90 Å². The van der Waals surface area contributed by atoms with E-state index in [1.807, 2.05) is 39.8 Å². The predicted molar refractivity (Wildman–Crippen MR) is 82.5 cm³/mol. The van der Waals surface area contributed by atoms with Crippen molar-refractivity contribution in [1.82, 2.24) is 4.98 Å². The van der Waals surface area contributed by atoms with Crippen molar-refractivity contribution >= 4 is 17.7 Å². The highest BCUT2D eigenvalue weighted by atomic mass is 16.6. The van der Waals surface area contributed by atoms with E-state index in [4.69, 9.17) is 4.74 Å². The standard InChI is InChI=1S/C16H24N2O3/c1-12-8-9-17-14(11-12)18(10-6-7-13(2)19)15(20)21-16(3,4)5/h8-9,11H,6-7,10H2,1-5H3. The minimum atomic E-state index is -0.570. The normalized spacial score (nSPS) is 11.1. The van der Waals surface area contributed by atoms with E-state index < -0.39 is 11.7 Å². The zero-order valence-electron chi connectivity index (χ0n) is 13.5. The molecule has 21 heavy (non-hydrogen) atoms. The predicted octanol–water partition coefficient (Wildman–Crippen LogP) is 3.50. The highest BCUT2D eigenvalue weighted by Crippen LogP contribution is 2.18. The summed E-state index contributed by atoms with van der Waals surface area (Å²) in [4.78, 5) is 29.1. The Hall–Kier alpha value is -1.91. The van der Waals surface area contributed by atoms with E-state index in [0.717, 1.165) is 5.56 Å². The van der Waals surface area contributed by atoms with Crippen molar-refractivity contribution in [3.05, 3.63) is 23.9 Å². The Labute approximate surface area is 126 Å². The summed E-state index contributed by atoms with van der Waals surface area (Å²) in [5.74, 6) is 0.657. The molecule has 1 heterocycles. The first-order valence-electron chi connectivity index (χ1n) is 7.11. The second-order valence-corrected chi connectivity index (χ2v) is 6.13. The molecule has 1 aromatic heterocycles. The van der Waals surface area contributed by atoms with Gasteiger partial charge in [-0.2, -0.15) is 0 Å². The van der Waals surface area contributed by atoms with Gasteiger partial charge in [-0.15, -0.1) is 0 Å². The molecule has 116 valence electrons. The van der Waals surface area contributed by atoms with E-state index in [2.05, 4.69) is 4.98 Å². The maximum Gasteiger partial charge on any atom is 0.416 e. The van der Waals surface area contributed by atoms with Gasteiger partial charge in [0.15, 0.2) is 0 Å². The van der Waals surface area contributed by atoms with Crippen LogP contribution in [-0.4, -0.2) is 29.0 Å². The van der Waals surface area contributed by atoms with Crippen molar-refractivity contribution in [2.75, 3.05) is 11.4 Å². The molecule has 1 rings (SSSR count). The fraction of sp³-hybridized carbons (Fsp3) is 0.562. The fourth-order valence-electron chi connectivity index (χ4n) is 1.77. The maximum atomic E-state index is 12.3. The van der Waals surface area contributed by atoms with Gasteiger partial charge >= 0.3 is 6.09 Å². The van der Waals surface area contributed by atoms with Crippen LogP contribution in [0.4, 0.5) is 10.6 Å². The molecule has 0 aliphatic rings. The summed E-state index contributed by atoms with van der Waals surface area (Å²) in [6.45, 7) is 9.36. The van der Waals surface area contributed by atoms with Crippen LogP contribution in [0.15, 0.2) is 18.3 Å². The third kappa shape index (κ3) is 6.38. The lowest BCUT2D eigenvalue weighted by Gasteiger charge is -2.26. The quantitative estimate of drug-likeness (QED) is 0.833. The van der Waals surface area contributed by atoms with Crippen LogP contribution in [0.5, 0.6) is 0 Å². The van der Waals surface area contributed by atoms with Crippen LogP contribution in [0.3, 0.4) is 0 Å². The number of anilines is 1. The molecular weight excluding hydrogens is 268 g/mol. The van der Waals surface area contributed by atoms with Crippen LogP contribution >= 0.6 is 0 Å². The van der Waals surface area contributed by atoms with Gasteiger partial charge in [0, 0.05) is 19.2 Å². The zero-order valence-corrected chi connectivity index (χ0v) is 13.5. The van der Waals surface area contributed by atoms with Crippen molar-refractivity contribution in [1.29, 1.82) is 0 Å². The van der Waals surface area contributed by atoms with Gasteiger partial charge in [-0.05, 0) is 58.7 Å². The molecule has 0 bridgehead atoms. The van der Waals surface area contributed by atoms with Crippen LogP contribution in [0, 0.1) is 6.92 Å². The number of amides is 1. The molecule has 0 aliphatic heterocycles. The number of hydrogen-bond donors (Lipinski definition) is 0. The summed E-state index contributed by atoms with van der Waals surface area (Å²) in [5.41, 5.74) is 0.444. The van der Waals surface area contributed by atoms with Gasteiger partial charge in [-0.25, -0.2) is 9.78 Å². The van der Waals surface area contributed by atoms with Crippen molar-refractivity contribution < 1.29 is 14.3 Å². The van der Waals surface area contributed by atoms with Crippen molar-refractivity contribution in [3.8, 4) is 0 Å². The number of ether oxygens (including phenoxy) is 1. The van der Waals surface area contributed by atoms with E-state index in [1.165, 1.54) is 4.90 Å². The van der Waals surface area contributed by atoms with Gasteiger partial charge in [0.2, 0.25) is 0 Å². The van der Waals surface area contributed by atoms with Crippen molar-refractivity contribution in [2.24, 2.45) is 0 Å². The molecule has 1 aromatic rings. The second-order valence-electron chi connectivity index (χ2n) is 6.13. The van der Waals surface area contributed by atoms with Crippen LogP contribution in [-0.2, 0) is 9.53 Å². The number of rotatable bonds is 5. The van der Waals surface area contributed by atoms with E-state index in [0.29, 0.717) is 25.2 Å². The molecule has 0 N–H and O–H groups in total. The fourth-order valence-corrected chi connectivity index (χ4v) is 1.77. The molecule has 0 fully saturated rings. The summed E-state index contributed by atoms with van der Waals surface area (Å²) in [6, 6.07) is 3.70. The lowest BCUT2D eigenvalue weighted by atomic mass is 10.2. The number of carbonyl (C=O) groups excluding carboxylic acids is 2. The lowest BCUT2D eigenvalue weighted by molar-refractivity contribution is -0.117. The van der Waals surface area contributed by atoms with Gasteiger partial charge in [-0.3, -0.25) is 4.90 Å². The number of ketones is 1. The summed E-state index contributed by atoms with van der Waals surface area (Å²) in [5, 5.41) is 0. The molecule has 0 spiro atoms. The molecule has 5 nitrogen and oxygen atoms in total. The minimum Gasteiger partial charge on any atom is -0.443 e. The Kier molecular flexibility index (Phi) is 5.88. The van der Waals surface area contributed by atoms with Crippen LogP contribution in [0.25, 0.3) is 0 Å². The number of carbonyl (C=O) groups is 2. The molecule has 0 aromatic carbocycles. The molecule has 5 heteroatoms. The molecule has 1 amide bonds. The Bertz CT molecular complexity index is 506. The number of Topliss-reactive ketones (excluding diaryl/α,β-unsaturated/α-hetero) is 1. The van der Waals surface area contributed by atoms with Crippen LogP contribution in [0.2, 0.25) is 0 Å². The van der Waals surface area contributed by atoms with E-state index in [1.54, 1.807) is 13.1 Å². The molecule has 0 aliphatic carbocycles. The Morgan fingerprint density at radius 1 is 1.33 bits per heavy atom. The Morgan fingerprint density at radius 3 is 2.52 bits per heavy atom. The Morgan fingerprint density at radius 2 is 2.00 bits per heavy atom. The topological polar surface area (TPSA) is 59.5 Å². The summed E-state index contributed by atoms with van der Waals surface area (Å²) >= 11 is 0. The third-order valence-electron chi connectivity index (χ3n) is 2.70. The molecular formula is C16H24N2O3. The monoisotopic (exact) mass is 292 g/mol. The van der Waals surface area contributed by atoms with Gasteiger partial charge in [0.25, 0.3) is 0 Å². The van der Waals surface area contributed by atoms with E-state index in [9.17, 15) is 9.59 Å². The SMILES string of the molecule is CC(=O)CCCN(C(=O)OC(C)(C)C)c1cc(C)ccn1. The Balaban J connectivity index is 2.88. The first-order valence-corrected chi connectivity index (χ1v) is 7.11. The zero-order chi connectivity index (χ0) is 16.0. The summed E-state index contributed by atoms with van der Waals surface area (Å²) in [6.07, 6.45) is 2.24. The van der Waals surface area contributed by atoms with Crippen LogP contribution in [0.1, 0.15) is 46.1 Å². The number of aryl methyl sites for hydroxylation is 1.